The molecule has 0 saturated carbocycles. The number of pyridine rings is 1. The Balaban J connectivity index is 1.67. The summed E-state index contributed by atoms with van der Waals surface area (Å²) in [6, 6.07) is 22.4. The van der Waals surface area contributed by atoms with Crippen LogP contribution in [0.5, 0.6) is 5.75 Å². The molecule has 136 valence electrons. The fourth-order valence-corrected chi connectivity index (χ4v) is 3.53. The Kier molecular flexibility index (Phi) is 5.12. The van der Waals surface area contributed by atoms with Crippen LogP contribution < -0.4 is 10.1 Å². The predicted octanol–water partition coefficient (Wildman–Crippen LogP) is 6.09. The number of hydrogen-bond acceptors (Lipinski definition) is 3. The zero-order valence-electron chi connectivity index (χ0n) is 15.2. The molecule has 0 aliphatic heterocycles. The number of nitrogens with one attached hydrogen (secondary N) is 1. The highest BCUT2D eigenvalue weighted by Crippen LogP contribution is 2.34. The third-order valence-electron chi connectivity index (χ3n) is 4.73. The Labute approximate surface area is 163 Å². The van der Waals surface area contributed by atoms with Crippen LogP contribution in [0.15, 0.2) is 66.7 Å². The zero-order chi connectivity index (χ0) is 18.6. The Hall–Kier alpha value is -2.78. The van der Waals surface area contributed by atoms with E-state index in [1.807, 2.05) is 36.4 Å². The first-order valence-corrected chi connectivity index (χ1v) is 9.47. The number of fused-ring (bicyclic) bond motifs is 2. The molecule has 1 heterocycles. The smallest absolute Gasteiger partial charge is 0.119 e. The summed E-state index contributed by atoms with van der Waals surface area (Å²) in [4.78, 5) is 4.77. The molecule has 0 radical (unpaired) electrons. The average Bonchev–Trinajstić information content (AvgIpc) is 2.70. The molecule has 3 aromatic carbocycles. The van der Waals surface area contributed by atoms with Crippen molar-refractivity contribution in [3.05, 3.63) is 77.3 Å². The standard InChI is InChI=1S/C23H21ClN2O/c1-27-18-10-12-21-20(15-18)23(19-11-9-17(24)14-22(19)26-21)25-13-5-8-16-6-3-2-4-7-16/h2-4,6-7,9-12,14-15H,5,8,13H2,1H3,(H,25,26). The van der Waals surface area contributed by atoms with Crippen LogP contribution in [-0.4, -0.2) is 18.6 Å². The summed E-state index contributed by atoms with van der Waals surface area (Å²) in [5.74, 6) is 0.824. The summed E-state index contributed by atoms with van der Waals surface area (Å²) in [5.41, 5.74) is 4.26. The molecule has 4 heteroatoms. The van der Waals surface area contributed by atoms with Crippen molar-refractivity contribution in [3.8, 4) is 5.75 Å². The van der Waals surface area contributed by atoms with Crippen LogP contribution in [0, 0.1) is 0 Å². The molecular weight excluding hydrogens is 356 g/mol. The lowest BCUT2D eigenvalue weighted by atomic mass is 10.1. The van der Waals surface area contributed by atoms with E-state index in [0.29, 0.717) is 5.02 Å². The second-order valence-corrected chi connectivity index (χ2v) is 6.98. The van der Waals surface area contributed by atoms with Crippen LogP contribution in [0.25, 0.3) is 21.8 Å². The molecule has 4 rings (SSSR count). The van der Waals surface area contributed by atoms with E-state index in [-0.39, 0.29) is 0 Å². The number of ether oxygens (including phenoxy) is 1. The van der Waals surface area contributed by atoms with E-state index in [1.165, 1.54) is 5.56 Å². The van der Waals surface area contributed by atoms with Crippen molar-refractivity contribution in [2.45, 2.75) is 12.8 Å². The van der Waals surface area contributed by atoms with Crippen molar-refractivity contribution < 1.29 is 4.74 Å². The maximum absolute atomic E-state index is 6.18. The second-order valence-electron chi connectivity index (χ2n) is 6.55. The third kappa shape index (κ3) is 3.83. The minimum Gasteiger partial charge on any atom is -0.497 e. The molecule has 27 heavy (non-hydrogen) atoms. The van der Waals surface area contributed by atoms with Crippen molar-refractivity contribution in [2.75, 3.05) is 19.0 Å². The van der Waals surface area contributed by atoms with E-state index in [2.05, 4.69) is 35.6 Å². The lowest BCUT2D eigenvalue weighted by Crippen LogP contribution is -2.05. The van der Waals surface area contributed by atoms with Crippen LogP contribution in [0.3, 0.4) is 0 Å². The van der Waals surface area contributed by atoms with Gasteiger partial charge in [-0.05, 0) is 54.8 Å². The van der Waals surface area contributed by atoms with Crippen LogP contribution in [0.2, 0.25) is 5.02 Å². The van der Waals surface area contributed by atoms with Crippen LogP contribution in [-0.2, 0) is 6.42 Å². The molecule has 3 nitrogen and oxygen atoms in total. The van der Waals surface area contributed by atoms with Gasteiger partial charge in [0.15, 0.2) is 0 Å². The summed E-state index contributed by atoms with van der Waals surface area (Å²) in [6.07, 6.45) is 2.09. The highest BCUT2D eigenvalue weighted by atomic mass is 35.5. The molecule has 1 aromatic heterocycles. The number of halogens is 1. The predicted molar refractivity (Wildman–Crippen MR) is 114 cm³/mol. The highest BCUT2D eigenvalue weighted by Gasteiger charge is 2.10. The van der Waals surface area contributed by atoms with E-state index in [0.717, 1.165) is 52.6 Å². The van der Waals surface area contributed by atoms with Gasteiger partial charge in [-0.15, -0.1) is 0 Å². The number of benzene rings is 3. The monoisotopic (exact) mass is 376 g/mol. The topological polar surface area (TPSA) is 34.1 Å². The molecule has 0 amide bonds. The van der Waals surface area contributed by atoms with Crippen LogP contribution in [0.4, 0.5) is 5.69 Å². The van der Waals surface area contributed by atoms with E-state index in [1.54, 1.807) is 7.11 Å². The molecule has 0 unspecified atom stereocenters. The van der Waals surface area contributed by atoms with Gasteiger partial charge in [-0.3, -0.25) is 0 Å². The van der Waals surface area contributed by atoms with Gasteiger partial charge in [0, 0.05) is 22.3 Å². The van der Waals surface area contributed by atoms with Gasteiger partial charge < -0.3 is 10.1 Å². The van der Waals surface area contributed by atoms with E-state index in [9.17, 15) is 0 Å². The molecular formula is C23H21ClN2O. The van der Waals surface area contributed by atoms with Crippen molar-refractivity contribution >= 4 is 39.1 Å². The number of hydrogen-bond donors (Lipinski definition) is 1. The van der Waals surface area contributed by atoms with Crippen molar-refractivity contribution in [3.63, 3.8) is 0 Å². The minimum absolute atomic E-state index is 0.692. The van der Waals surface area contributed by atoms with Gasteiger partial charge in [0.25, 0.3) is 0 Å². The molecule has 0 saturated heterocycles. The van der Waals surface area contributed by atoms with Crippen molar-refractivity contribution in [1.82, 2.24) is 4.98 Å². The number of nitrogens with zero attached hydrogens (tertiary/aromatic N) is 1. The zero-order valence-corrected chi connectivity index (χ0v) is 16.0. The number of methoxy groups -OCH3 is 1. The summed E-state index contributed by atoms with van der Waals surface area (Å²) in [7, 11) is 1.68. The summed E-state index contributed by atoms with van der Waals surface area (Å²) < 4.78 is 5.42. The molecule has 0 aliphatic rings. The Morgan fingerprint density at radius 3 is 2.59 bits per heavy atom. The van der Waals surface area contributed by atoms with Gasteiger partial charge in [0.2, 0.25) is 0 Å². The van der Waals surface area contributed by atoms with E-state index in [4.69, 9.17) is 21.3 Å². The third-order valence-corrected chi connectivity index (χ3v) is 4.97. The fourth-order valence-electron chi connectivity index (χ4n) is 3.36. The van der Waals surface area contributed by atoms with E-state index >= 15 is 0 Å². The molecule has 0 aliphatic carbocycles. The fraction of sp³-hybridized carbons (Fsp3) is 0.174. The van der Waals surface area contributed by atoms with Gasteiger partial charge in [-0.1, -0.05) is 41.9 Å². The van der Waals surface area contributed by atoms with Gasteiger partial charge in [-0.2, -0.15) is 0 Å². The number of aryl methyl sites for hydroxylation is 1. The normalized spacial score (nSPS) is 11.0. The highest BCUT2D eigenvalue weighted by molar-refractivity contribution is 6.31. The maximum Gasteiger partial charge on any atom is 0.119 e. The lowest BCUT2D eigenvalue weighted by Gasteiger charge is -2.14. The lowest BCUT2D eigenvalue weighted by molar-refractivity contribution is 0.415. The molecule has 1 N–H and O–H groups in total. The van der Waals surface area contributed by atoms with Crippen LogP contribution >= 0.6 is 11.6 Å². The number of anilines is 1. The first-order chi connectivity index (χ1) is 13.2. The number of rotatable bonds is 6. The SMILES string of the molecule is COc1ccc2nc3cc(Cl)ccc3c(NCCCc3ccccc3)c2c1. The van der Waals surface area contributed by atoms with Crippen molar-refractivity contribution in [1.29, 1.82) is 0 Å². The Bertz CT molecular complexity index is 1080. The minimum atomic E-state index is 0.692. The van der Waals surface area contributed by atoms with Gasteiger partial charge >= 0.3 is 0 Å². The summed E-state index contributed by atoms with van der Waals surface area (Å²) in [5, 5.41) is 6.45. The second kappa shape index (κ2) is 7.85. The maximum atomic E-state index is 6.18. The van der Waals surface area contributed by atoms with Gasteiger partial charge in [-0.25, -0.2) is 4.98 Å². The Morgan fingerprint density at radius 1 is 0.926 bits per heavy atom. The largest absolute Gasteiger partial charge is 0.497 e. The first-order valence-electron chi connectivity index (χ1n) is 9.09. The van der Waals surface area contributed by atoms with Gasteiger partial charge in [0.1, 0.15) is 5.75 Å². The molecule has 0 bridgehead atoms. The van der Waals surface area contributed by atoms with Gasteiger partial charge in [0.05, 0.1) is 23.8 Å². The molecule has 0 atom stereocenters. The summed E-state index contributed by atoms with van der Waals surface area (Å²) in [6.45, 7) is 0.878. The van der Waals surface area contributed by atoms with Crippen molar-refractivity contribution in [2.24, 2.45) is 0 Å². The summed E-state index contributed by atoms with van der Waals surface area (Å²) >= 11 is 6.18. The average molecular weight is 377 g/mol. The Morgan fingerprint density at radius 2 is 1.78 bits per heavy atom. The quantitative estimate of drug-likeness (QED) is 0.326. The molecule has 4 aromatic rings. The first kappa shape index (κ1) is 17.6. The molecule has 0 spiro atoms. The van der Waals surface area contributed by atoms with Crippen LogP contribution in [0.1, 0.15) is 12.0 Å². The number of aromatic nitrogens is 1. The van der Waals surface area contributed by atoms with E-state index < -0.39 is 0 Å². The molecule has 0 fully saturated rings.